The number of methoxy groups -OCH3 is 2. The first-order chi connectivity index (χ1) is 12.7. The number of ether oxygens (including phenoxy) is 2. The van der Waals surface area contributed by atoms with Crippen LogP contribution in [-0.4, -0.2) is 20.5 Å². The van der Waals surface area contributed by atoms with Gasteiger partial charge in [0, 0.05) is 5.56 Å². The van der Waals surface area contributed by atoms with Crippen LogP contribution in [0.3, 0.4) is 0 Å². The molecule has 0 radical (unpaired) electrons. The topological polar surface area (TPSA) is 35.5 Å². The van der Waals surface area contributed by atoms with Crippen LogP contribution in [0, 0.1) is 0 Å². The minimum absolute atomic E-state index is 0.522. The number of aryl methyl sites for hydroxylation is 1. The lowest BCUT2D eigenvalue weighted by atomic mass is 9.92. The van der Waals surface area contributed by atoms with Gasteiger partial charge in [-0.05, 0) is 34.7 Å². The zero-order valence-corrected chi connectivity index (χ0v) is 15.5. The fourth-order valence-electron chi connectivity index (χ4n) is 3.56. The standard InChI is InChI=1S/C23H24O3/c1-4-8-19-20-14-17(13-16-9-6-5-7-10-16)11-12-18(20)21(15-24)23(26-3)22(19)25-2/h5-7,9-12,14-15H,4,8,13H2,1-3H3. The van der Waals surface area contributed by atoms with Gasteiger partial charge in [-0.2, -0.15) is 0 Å². The molecule has 3 nitrogen and oxygen atoms in total. The minimum atomic E-state index is 0.522. The van der Waals surface area contributed by atoms with Crippen molar-refractivity contribution in [1.82, 2.24) is 0 Å². The highest BCUT2D eigenvalue weighted by Gasteiger charge is 2.20. The van der Waals surface area contributed by atoms with E-state index in [0.717, 1.165) is 41.9 Å². The van der Waals surface area contributed by atoms with Gasteiger partial charge in [0.25, 0.3) is 0 Å². The molecule has 0 spiro atoms. The molecule has 0 bridgehead atoms. The summed E-state index contributed by atoms with van der Waals surface area (Å²) >= 11 is 0. The van der Waals surface area contributed by atoms with Gasteiger partial charge in [-0.3, -0.25) is 4.79 Å². The summed E-state index contributed by atoms with van der Waals surface area (Å²) in [6.07, 6.45) is 3.56. The zero-order chi connectivity index (χ0) is 18.5. The van der Waals surface area contributed by atoms with Crippen molar-refractivity contribution in [2.24, 2.45) is 0 Å². The maximum absolute atomic E-state index is 11.8. The van der Waals surface area contributed by atoms with E-state index in [0.29, 0.717) is 17.1 Å². The summed E-state index contributed by atoms with van der Waals surface area (Å²) in [5.41, 5.74) is 4.12. The number of hydrogen-bond acceptors (Lipinski definition) is 3. The van der Waals surface area contributed by atoms with Gasteiger partial charge < -0.3 is 9.47 Å². The molecule has 0 atom stereocenters. The van der Waals surface area contributed by atoms with E-state index in [1.54, 1.807) is 14.2 Å². The van der Waals surface area contributed by atoms with E-state index in [1.807, 2.05) is 12.1 Å². The zero-order valence-electron chi connectivity index (χ0n) is 15.5. The monoisotopic (exact) mass is 348 g/mol. The third kappa shape index (κ3) is 3.30. The van der Waals surface area contributed by atoms with Gasteiger partial charge in [0.15, 0.2) is 17.8 Å². The predicted octanol–water partition coefficient (Wildman–Crippen LogP) is 5.21. The number of benzene rings is 3. The summed E-state index contributed by atoms with van der Waals surface area (Å²) < 4.78 is 11.2. The Balaban J connectivity index is 2.23. The van der Waals surface area contributed by atoms with Gasteiger partial charge in [-0.15, -0.1) is 0 Å². The molecule has 3 rings (SSSR count). The molecule has 0 saturated carbocycles. The molecule has 0 saturated heterocycles. The van der Waals surface area contributed by atoms with E-state index in [9.17, 15) is 4.79 Å². The number of carbonyl (C=O) groups excluding carboxylic acids is 1. The molecular formula is C23H24O3. The highest BCUT2D eigenvalue weighted by atomic mass is 16.5. The Morgan fingerprint density at radius 3 is 2.23 bits per heavy atom. The molecule has 0 heterocycles. The fourth-order valence-corrected chi connectivity index (χ4v) is 3.56. The lowest BCUT2D eigenvalue weighted by Crippen LogP contribution is -2.02. The normalized spacial score (nSPS) is 10.7. The minimum Gasteiger partial charge on any atom is -0.493 e. The quantitative estimate of drug-likeness (QED) is 0.550. The van der Waals surface area contributed by atoms with E-state index in [-0.39, 0.29) is 0 Å². The first kappa shape index (κ1) is 18.0. The Kier molecular flexibility index (Phi) is 5.57. The molecule has 3 heteroatoms. The summed E-state index contributed by atoms with van der Waals surface area (Å²) in [6.45, 7) is 2.14. The molecule has 0 N–H and O–H groups in total. The summed E-state index contributed by atoms with van der Waals surface area (Å²) in [5.74, 6) is 1.19. The first-order valence-electron chi connectivity index (χ1n) is 8.92. The van der Waals surface area contributed by atoms with E-state index in [2.05, 4.69) is 43.3 Å². The molecule has 0 aliphatic heterocycles. The average Bonchev–Trinajstić information content (AvgIpc) is 2.68. The average molecular weight is 348 g/mol. The summed E-state index contributed by atoms with van der Waals surface area (Å²) in [7, 11) is 3.21. The maximum atomic E-state index is 11.8. The van der Waals surface area contributed by atoms with Gasteiger partial charge in [0.05, 0.1) is 19.8 Å². The molecule has 26 heavy (non-hydrogen) atoms. The third-order valence-electron chi connectivity index (χ3n) is 4.70. The van der Waals surface area contributed by atoms with E-state index in [1.165, 1.54) is 11.1 Å². The van der Waals surface area contributed by atoms with Crippen molar-refractivity contribution in [2.75, 3.05) is 14.2 Å². The largest absolute Gasteiger partial charge is 0.493 e. The van der Waals surface area contributed by atoms with Crippen LogP contribution in [0.15, 0.2) is 48.5 Å². The molecule has 0 aliphatic carbocycles. The SMILES string of the molecule is CCCc1c(OC)c(OC)c(C=O)c2ccc(Cc3ccccc3)cc12. The second-order valence-electron chi connectivity index (χ2n) is 6.37. The van der Waals surface area contributed by atoms with Crippen molar-refractivity contribution >= 4 is 17.1 Å². The van der Waals surface area contributed by atoms with Gasteiger partial charge in [0.1, 0.15) is 0 Å². The van der Waals surface area contributed by atoms with Crippen molar-refractivity contribution in [3.63, 3.8) is 0 Å². The van der Waals surface area contributed by atoms with Gasteiger partial charge in [-0.1, -0.05) is 61.9 Å². The summed E-state index contributed by atoms with van der Waals surface area (Å²) in [6, 6.07) is 16.7. The Hall–Kier alpha value is -2.81. The number of carbonyl (C=O) groups is 1. The molecule has 0 amide bonds. The van der Waals surface area contributed by atoms with Crippen LogP contribution in [-0.2, 0) is 12.8 Å². The molecule has 3 aromatic rings. The summed E-state index contributed by atoms with van der Waals surface area (Å²) in [5, 5.41) is 1.98. The van der Waals surface area contributed by atoms with Crippen LogP contribution in [0.25, 0.3) is 10.8 Å². The lowest BCUT2D eigenvalue weighted by molar-refractivity contribution is 0.112. The van der Waals surface area contributed by atoms with E-state index >= 15 is 0 Å². The van der Waals surface area contributed by atoms with Crippen molar-refractivity contribution in [3.05, 3.63) is 70.8 Å². The molecule has 3 aromatic carbocycles. The van der Waals surface area contributed by atoms with Crippen molar-refractivity contribution in [3.8, 4) is 11.5 Å². The maximum Gasteiger partial charge on any atom is 0.172 e. The van der Waals surface area contributed by atoms with Crippen LogP contribution in [0.2, 0.25) is 0 Å². The highest BCUT2D eigenvalue weighted by Crippen LogP contribution is 2.42. The van der Waals surface area contributed by atoms with Crippen LogP contribution in [0.4, 0.5) is 0 Å². The van der Waals surface area contributed by atoms with Crippen molar-refractivity contribution in [1.29, 1.82) is 0 Å². The van der Waals surface area contributed by atoms with Gasteiger partial charge in [-0.25, -0.2) is 0 Å². The van der Waals surface area contributed by atoms with Crippen molar-refractivity contribution in [2.45, 2.75) is 26.2 Å². The molecule has 0 unspecified atom stereocenters. The Labute approximate surface area is 154 Å². The Morgan fingerprint density at radius 2 is 1.62 bits per heavy atom. The number of rotatable bonds is 7. The van der Waals surface area contributed by atoms with Crippen LogP contribution >= 0.6 is 0 Å². The van der Waals surface area contributed by atoms with Crippen LogP contribution < -0.4 is 9.47 Å². The molecule has 0 aliphatic rings. The lowest BCUT2D eigenvalue weighted by Gasteiger charge is -2.18. The van der Waals surface area contributed by atoms with Gasteiger partial charge in [0.2, 0.25) is 0 Å². The van der Waals surface area contributed by atoms with Gasteiger partial charge >= 0.3 is 0 Å². The van der Waals surface area contributed by atoms with Crippen LogP contribution in [0.5, 0.6) is 11.5 Å². The van der Waals surface area contributed by atoms with Crippen molar-refractivity contribution < 1.29 is 14.3 Å². The van der Waals surface area contributed by atoms with Crippen LogP contribution in [0.1, 0.15) is 40.4 Å². The molecule has 0 aromatic heterocycles. The Bertz CT molecular complexity index is 914. The number of aldehydes is 1. The molecular weight excluding hydrogens is 324 g/mol. The number of hydrogen-bond donors (Lipinski definition) is 0. The Morgan fingerprint density at radius 1 is 0.885 bits per heavy atom. The third-order valence-corrected chi connectivity index (χ3v) is 4.70. The highest BCUT2D eigenvalue weighted by molar-refractivity contribution is 6.04. The second kappa shape index (κ2) is 8.05. The number of fused-ring (bicyclic) bond motifs is 1. The molecule has 0 fully saturated rings. The smallest absolute Gasteiger partial charge is 0.172 e. The van der Waals surface area contributed by atoms with E-state index < -0.39 is 0 Å². The van der Waals surface area contributed by atoms with E-state index in [4.69, 9.17) is 9.47 Å². The predicted molar refractivity (Wildman–Crippen MR) is 106 cm³/mol. The summed E-state index contributed by atoms with van der Waals surface area (Å²) in [4.78, 5) is 11.8. The fraction of sp³-hybridized carbons (Fsp3) is 0.261. The first-order valence-corrected chi connectivity index (χ1v) is 8.92. The molecule has 134 valence electrons. The second-order valence-corrected chi connectivity index (χ2v) is 6.37.